The Morgan fingerprint density at radius 2 is 2.13 bits per heavy atom. The summed E-state index contributed by atoms with van der Waals surface area (Å²) in [7, 11) is 1.38. The van der Waals surface area contributed by atoms with Crippen LogP contribution in [0.25, 0.3) is 0 Å². The molecule has 0 saturated heterocycles. The van der Waals surface area contributed by atoms with E-state index in [0.717, 1.165) is 12.8 Å². The predicted molar refractivity (Wildman–Crippen MR) is 55.2 cm³/mol. The fourth-order valence-electron chi connectivity index (χ4n) is 3.12. The lowest BCUT2D eigenvalue weighted by Gasteiger charge is -2.22. The van der Waals surface area contributed by atoms with E-state index in [-0.39, 0.29) is 17.8 Å². The van der Waals surface area contributed by atoms with Crippen molar-refractivity contribution in [2.45, 2.75) is 38.5 Å². The van der Waals surface area contributed by atoms with Crippen molar-refractivity contribution in [2.24, 2.45) is 17.8 Å². The van der Waals surface area contributed by atoms with Crippen molar-refractivity contribution in [1.82, 2.24) is 0 Å². The van der Waals surface area contributed by atoms with Crippen LogP contribution < -0.4 is 0 Å². The van der Waals surface area contributed by atoms with Crippen LogP contribution in [0, 0.1) is 17.8 Å². The molecule has 0 radical (unpaired) electrons. The molecule has 2 aliphatic rings. The van der Waals surface area contributed by atoms with Gasteiger partial charge in [-0.05, 0) is 25.2 Å². The lowest BCUT2D eigenvalue weighted by atomic mass is 9.81. The first-order chi connectivity index (χ1) is 7.22. The van der Waals surface area contributed by atoms with E-state index in [1.54, 1.807) is 0 Å². The average molecular weight is 210 g/mol. The molecule has 15 heavy (non-hydrogen) atoms. The summed E-state index contributed by atoms with van der Waals surface area (Å²) in [6, 6.07) is 0. The van der Waals surface area contributed by atoms with Gasteiger partial charge >= 0.3 is 5.97 Å². The number of ether oxygens (including phenoxy) is 1. The number of fused-ring (bicyclic) bond motifs is 1. The summed E-state index contributed by atoms with van der Waals surface area (Å²) in [5.41, 5.74) is 0. The van der Waals surface area contributed by atoms with Gasteiger partial charge in [-0.2, -0.15) is 0 Å². The van der Waals surface area contributed by atoms with E-state index in [1.807, 2.05) is 0 Å². The van der Waals surface area contributed by atoms with Crippen molar-refractivity contribution >= 4 is 11.8 Å². The topological polar surface area (TPSA) is 43.4 Å². The number of ketones is 1. The van der Waals surface area contributed by atoms with Crippen LogP contribution in [-0.2, 0) is 14.3 Å². The Morgan fingerprint density at radius 3 is 2.80 bits per heavy atom. The first kappa shape index (κ1) is 10.7. The molecule has 0 heterocycles. The number of methoxy groups -OCH3 is 1. The highest BCUT2D eigenvalue weighted by Gasteiger charge is 2.43. The minimum absolute atomic E-state index is 0.0504. The third kappa shape index (κ3) is 2.06. The van der Waals surface area contributed by atoms with Crippen molar-refractivity contribution in [3.05, 3.63) is 0 Å². The zero-order valence-corrected chi connectivity index (χ0v) is 9.20. The Labute approximate surface area is 90.2 Å². The lowest BCUT2D eigenvalue weighted by molar-refractivity contribution is -0.143. The summed E-state index contributed by atoms with van der Waals surface area (Å²) in [5.74, 6) is 0.844. The Morgan fingerprint density at radius 1 is 1.40 bits per heavy atom. The molecule has 3 nitrogen and oxygen atoms in total. The fraction of sp³-hybridized carbons (Fsp3) is 0.833. The summed E-state index contributed by atoms with van der Waals surface area (Å²) >= 11 is 0. The number of rotatable bonds is 2. The number of Topliss-reactive ketones (excluding diaryl/α,β-unsaturated/α-hetero) is 1. The van der Waals surface area contributed by atoms with Gasteiger partial charge < -0.3 is 4.74 Å². The third-order valence-electron chi connectivity index (χ3n) is 3.90. The molecule has 0 unspecified atom stereocenters. The van der Waals surface area contributed by atoms with E-state index in [0.29, 0.717) is 18.1 Å². The van der Waals surface area contributed by atoms with E-state index in [4.69, 9.17) is 0 Å². The highest BCUT2D eigenvalue weighted by molar-refractivity contribution is 5.89. The van der Waals surface area contributed by atoms with Gasteiger partial charge in [-0.25, -0.2) is 0 Å². The van der Waals surface area contributed by atoms with Crippen LogP contribution in [-0.4, -0.2) is 18.9 Å². The van der Waals surface area contributed by atoms with Gasteiger partial charge in [-0.1, -0.05) is 12.8 Å². The van der Waals surface area contributed by atoms with Crippen molar-refractivity contribution in [3.63, 3.8) is 0 Å². The molecule has 0 aromatic rings. The zero-order valence-electron chi connectivity index (χ0n) is 9.20. The fourth-order valence-corrected chi connectivity index (χ4v) is 3.12. The van der Waals surface area contributed by atoms with Crippen molar-refractivity contribution in [2.75, 3.05) is 7.11 Å². The molecule has 2 aliphatic carbocycles. The maximum Gasteiger partial charge on any atom is 0.306 e. The second-order valence-corrected chi connectivity index (χ2v) is 4.77. The molecule has 0 aromatic carbocycles. The van der Waals surface area contributed by atoms with Gasteiger partial charge in [0.15, 0.2) is 0 Å². The van der Waals surface area contributed by atoms with E-state index < -0.39 is 0 Å². The van der Waals surface area contributed by atoms with Crippen molar-refractivity contribution in [1.29, 1.82) is 0 Å². The molecule has 0 N–H and O–H groups in total. The Kier molecular flexibility index (Phi) is 3.08. The molecule has 2 rings (SSSR count). The van der Waals surface area contributed by atoms with Gasteiger partial charge in [-0.3, -0.25) is 9.59 Å². The average Bonchev–Trinajstić information content (AvgIpc) is 2.57. The standard InChI is InChI=1S/C12H18O3/c1-15-11(13)7-9-6-8-4-2-3-5-10(8)12(9)14/h8-10H,2-7H2,1H3/t8-,9+,10-/m0/s1. The van der Waals surface area contributed by atoms with Crippen LogP contribution in [0.15, 0.2) is 0 Å². The van der Waals surface area contributed by atoms with Gasteiger partial charge in [-0.15, -0.1) is 0 Å². The molecule has 3 atom stereocenters. The van der Waals surface area contributed by atoms with Crippen LogP contribution in [0.1, 0.15) is 38.5 Å². The number of esters is 1. The molecule has 3 heteroatoms. The molecule has 0 aromatic heterocycles. The lowest BCUT2D eigenvalue weighted by Crippen LogP contribution is -2.21. The molecule has 2 saturated carbocycles. The van der Waals surface area contributed by atoms with Gasteiger partial charge in [0.25, 0.3) is 0 Å². The number of carbonyl (C=O) groups excluding carboxylic acids is 2. The third-order valence-corrected chi connectivity index (χ3v) is 3.90. The van der Waals surface area contributed by atoms with Crippen molar-refractivity contribution in [3.8, 4) is 0 Å². The number of carbonyl (C=O) groups is 2. The van der Waals surface area contributed by atoms with Gasteiger partial charge in [0.1, 0.15) is 5.78 Å². The SMILES string of the molecule is COC(=O)C[C@H]1C[C@@H]2CCCC[C@@H]2C1=O. The Hall–Kier alpha value is -0.860. The van der Waals surface area contributed by atoms with Crippen LogP contribution in [0.3, 0.4) is 0 Å². The second kappa shape index (κ2) is 4.33. The zero-order chi connectivity index (χ0) is 10.8. The smallest absolute Gasteiger partial charge is 0.306 e. The first-order valence-electron chi connectivity index (χ1n) is 5.83. The van der Waals surface area contributed by atoms with E-state index >= 15 is 0 Å². The van der Waals surface area contributed by atoms with Crippen LogP contribution in [0.5, 0.6) is 0 Å². The number of hydrogen-bond donors (Lipinski definition) is 0. The van der Waals surface area contributed by atoms with Gasteiger partial charge in [0, 0.05) is 11.8 Å². The van der Waals surface area contributed by atoms with Gasteiger partial charge in [0.05, 0.1) is 13.5 Å². The van der Waals surface area contributed by atoms with E-state index in [9.17, 15) is 9.59 Å². The predicted octanol–water partition coefficient (Wildman–Crippen LogP) is 1.94. The molecule has 0 spiro atoms. The summed E-state index contributed by atoms with van der Waals surface area (Å²) in [6.07, 6.45) is 5.85. The molecule has 0 aliphatic heterocycles. The van der Waals surface area contributed by atoms with Crippen molar-refractivity contribution < 1.29 is 14.3 Å². The maximum atomic E-state index is 12.0. The highest BCUT2D eigenvalue weighted by atomic mass is 16.5. The second-order valence-electron chi connectivity index (χ2n) is 4.77. The summed E-state index contributed by atoms with van der Waals surface area (Å²) in [4.78, 5) is 23.1. The minimum atomic E-state index is -0.244. The summed E-state index contributed by atoms with van der Waals surface area (Å²) in [5, 5.41) is 0. The molecule has 0 bridgehead atoms. The molecular weight excluding hydrogens is 192 g/mol. The van der Waals surface area contributed by atoms with Gasteiger partial charge in [0.2, 0.25) is 0 Å². The van der Waals surface area contributed by atoms with Crippen LogP contribution in [0.2, 0.25) is 0 Å². The maximum absolute atomic E-state index is 12.0. The van der Waals surface area contributed by atoms with E-state index in [2.05, 4.69) is 4.74 Å². The molecular formula is C12H18O3. The Bertz CT molecular complexity index is 272. The molecule has 84 valence electrons. The minimum Gasteiger partial charge on any atom is -0.469 e. The van der Waals surface area contributed by atoms with Crippen LogP contribution >= 0.6 is 0 Å². The first-order valence-corrected chi connectivity index (χ1v) is 5.83. The quantitative estimate of drug-likeness (QED) is 0.654. The summed E-state index contributed by atoms with van der Waals surface area (Å²) in [6.45, 7) is 0. The van der Waals surface area contributed by atoms with E-state index in [1.165, 1.54) is 26.4 Å². The Balaban J connectivity index is 1.98. The van der Waals surface area contributed by atoms with Crippen LogP contribution in [0.4, 0.5) is 0 Å². The molecule has 0 amide bonds. The highest BCUT2D eigenvalue weighted by Crippen LogP contribution is 2.43. The largest absolute Gasteiger partial charge is 0.469 e. The number of hydrogen-bond acceptors (Lipinski definition) is 3. The molecule has 2 fully saturated rings. The summed E-state index contributed by atoms with van der Waals surface area (Å²) < 4.78 is 4.62. The monoisotopic (exact) mass is 210 g/mol. The normalized spacial score (nSPS) is 35.0.